The van der Waals surface area contributed by atoms with Gasteiger partial charge in [0.25, 0.3) is 0 Å². The summed E-state index contributed by atoms with van der Waals surface area (Å²) >= 11 is 13.9. The van der Waals surface area contributed by atoms with Crippen LogP contribution >= 0.6 is 94.1 Å². The Labute approximate surface area is 251 Å². The van der Waals surface area contributed by atoms with Gasteiger partial charge in [0.15, 0.2) is 0 Å². The molecule has 0 fully saturated rings. The topological polar surface area (TPSA) is 91.3 Å². The number of ether oxygens (including phenoxy) is 2. The monoisotopic (exact) mass is 660 g/mol. The van der Waals surface area contributed by atoms with Gasteiger partial charge in [-0.15, -0.1) is 58.8 Å². The van der Waals surface area contributed by atoms with Crippen molar-refractivity contribution in [3.63, 3.8) is 0 Å². The van der Waals surface area contributed by atoms with E-state index in [0.717, 1.165) is 55.5 Å². The molecule has 7 nitrogen and oxygen atoms in total. The number of thioether (sulfide) groups is 8. The van der Waals surface area contributed by atoms with Crippen LogP contribution in [0.3, 0.4) is 0 Å². The van der Waals surface area contributed by atoms with Gasteiger partial charge in [0.05, 0.1) is 32.0 Å². The highest BCUT2D eigenvalue weighted by Crippen LogP contribution is 2.19. The molecule has 0 spiro atoms. The predicted molar refractivity (Wildman–Crippen MR) is 170 cm³/mol. The first-order chi connectivity index (χ1) is 17.7. The molecule has 1 N–H and O–H groups in total. The number of aliphatic hydroxyl groups excluding tert-OH is 1. The Kier molecular flexibility index (Phi) is 34.3. The molecule has 0 aromatic carbocycles. The van der Waals surface area contributed by atoms with Crippen LogP contribution in [0.25, 0.3) is 0 Å². The fraction of sp³-hybridized carbons (Fsp3) is 0.905. The molecular weight excluding hydrogens is 621 g/mol. The van der Waals surface area contributed by atoms with Gasteiger partial charge in [0.2, 0.25) is 0 Å². The highest BCUT2D eigenvalue weighted by Gasteiger charge is 2.04. The molecule has 0 saturated carbocycles. The molecule has 0 aliphatic carbocycles. The van der Waals surface area contributed by atoms with Gasteiger partial charge in [-0.1, -0.05) is 0 Å². The molecule has 15 heteroatoms. The zero-order valence-corrected chi connectivity index (χ0v) is 27.4. The quantitative estimate of drug-likeness (QED) is 0.0361. The van der Waals surface area contributed by atoms with Crippen molar-refractivity contribution in [1.82, 2.24) is 0 Å². The lowest BCUT2D eigenvalue weighted by Gasteiger charge is -2.06. The van der Waals surface area contributed by atoms with Crippen LogP contribution in [0.1, 0.15) is 19.3 Å². The second-order valence-corrected chi connectivity index (χ2v) is 16.4. The minimum Gasteiger partial charge on any atom is -0.465 e. The van der Waals surface area contributed by atoms with Gasteiger partial charge >= 0.3 is 11.9 Å². The molecule has 0 aliphatic rings. The Morgan fingerprint density at radius 3 is 1.58 bits per heavy atom. The average molecular weight is 661 g/mol. The summed E-state index contributed by atoms with van der Waals surface area (Å²) in [5.41, 5.74) is 0. The first-order valence-corrected chi connectivity index (χ1v) is 20.9. The minimum absolute atomic E-state index is 0.0512. The van der Waals surface area contributed by atoms with E-state index in [1.807, 2.05) is 35.3 Å². The second kappa shape index (κ2) is 32.8. The minimum atomic E-state index is -0.185. The van der Waals surface area contributed by atoms with Crippen molar-refractivity contribution in [2.45, 2.75) is 19.3 Å². The number of hydrogen-bond acceptors (Lipinski definition) is 15. The Balaban J connectivity index is 3.21. The molecule has 0 radical (unpaired) electrons. The third kappa shape index (κ3) is 31.8. The van der Waals surface area contributed by atoms with Crippen molar-refractivity contribution >= 4 is 106 Å². The number of aliphatic hydroxyl groups is 1. The summed E-state index contributed by atoms with van der Waals surface area (Å²) in [6.07, 6.45) is 3.96. The van der Waals surface area contributed by atoms with Gasteiger partial charge in [0.1, 0.15) is 13.2 Å². The fourth-order valence-electron chi connectivity index (χ4n) is 1.96. The summed E-state index contributed by atoms with van der Waals surface area (Å²) in [5.74, 6) is 4.72. The maximum Gasteiger partial charge on any atom is 0.306 e. The van der Waals surface area contributed by atoms with E-state index in [0.29, 0.717) is 45.0 Å². The zero-order chi connectivity index (χ0) is 26.4. The fourth-order valence-corrected chi connectivity index (χ4v) is 9.25. The van der Waals surface area contributed by atoms with E-state index >= 15 is 0 Å². The molecule has 0 saturated heterocycles. The summed E-state index contributed by atoms with van der Waals surface area (Å²) in [6, 6.07) is 0. The van der Waals surface area contributed by atoms with E-state index in [-0.39, 0.29) is 17.9 Å². The maximum absolute atomic E-state index is 11.8. The van der Waals surface area contributed by atoms with Crippen molar-refractivity contribution in [1.29, 1.82) is 0 Å². The maximum atomic E-state index is 11.8. The Hall–Kier alpha value is 1.62. The highest BCUT2D eigenvalue weighted by atomic mass is 32.2. The van der Waals surface area contributed by atoms with Crippen molar-refractivity contribution < 1.29 is 33.9 Å². The van der Waals surface area contributed by atoms with Crippen LogP contribution in [0.4, 0.5) is 0 Å². The number of hydrogen-bond donors (Lipinski definition) is 1. The molecule has 0 rings (SSSR count). The smallest absolute Gasteiger partial charge is 0.306 e. The van der Waals surface area contributed by atoms with E-state index in [9.17, 15) is 9.59 Å². The van der Waals surface area contributed by atoms with E-state index < -0.39 is 0 Å². The molecular formula is C21H40O7S8. The summed E-state index contributed by atoms with van der Waals surface area (Å²) < 4.78 is 10.3. The van der Waals surface area contributed by atoms with E-state index in [4.69, 9.17) is 24.4 Å². The van der Waals surface area contributed by atoms with E-state index in [2.05, 4.69) is 6.26 Å². The molecule has 0 atom stereocenters. The predicted octanol–water partition coefficient (Wildman–Crippen LogP) is 5.47. The number of esters is 2. The molecule has 0 unspecified atom stereocenters. The molecule has 0 heterocycles. The lowest BCUT2D eigenvalue weighted by atomic mass is 10.5. The molecule has 0 aromatic heterocycles. The van der Waals surface area contributed by atoms with Gasteiger partial charge in [-0.25, -0.2) is 9.78 Å². The standard InChI is InChI=1S/C21H40O7S8/c1-29-9-2-5-27-28-8-14-34-19-36-18-33-13-7-26-21(24)4-11-32-17-35-16-31-10-3-20(23)25-6-12-30-15-22/h22H,2-19H2,1H3. The van der Waals surface area contributed by atoms with Crippen LogP contribution in [0.2, 0.25) is 0 Å². The van der Waals surface area contributed by atoms with Gasteiger partial charge in [-0.3, -0.25) is 9.59 Å². The molecule has 0 aromatic rings. The van der Waals surface area contributed by atoms with Gasteiger partial charge < -0.3 is 14.6 Å². The van der Waals surface area contributed by atoms with Gasteiger partial charge in [-0.2, -0.15) is 35.3 Å². The van der Waals surface area contributed by atoms with Crippen molar-refractivity contribution in [3.05, 3.63) is 0 Å². The number of rotatable bonds is 29. The van der Waals surface area contributed by atoms with Crippen molar-refractivity contribution in [2.75, 3.05) is 93.5 Å². The average Bonchev–Trinajstić information content (AvgIpc) is 2.88. The Morgan fingerprint density at radius 2 is 1.06 bits per heavy atom. The largest absolute Gasteiger partial charge is 0.465 e. The number of carbonyl (C=O) groups is 2. The summed E-state index contributed by atoms with van der Waals surface area (Å²) in [4.78, 5) is 33.5. The molecule has 0 aliphatic heterocycles. The highest BCUT2D eigenvalue weighted by molar-refractivity contribution is 8.23. The van der Waals surface area contributed by atoms with Crippen molar-refractivity contribution in [3.8, 4) is 0 Å². The SMILES string of the molecule is CSCCCOOCCSCSCSCCOC(=O)CCSCSCSCCC(=O)OCCSCO. The third-order valence-electron chi connectivity index (χ3n) is 3.61. The van der Waals surface area contributed by atoms with Gasteiger partial charge in [0, 0.05) is 49.1 Å². The Morgan fingerprint density at radius 1 is 0.583 bits per heavy atom. The van der Waals surface area contributed by atoms with E-state index in [1.54, 1.807) is 47.0 Å². The zero-order valence-electron chi connectivity index (χ0n) is 20.9. The Bertz CT molecular complexity index is 495. The normalized spacial score (nSPS) is 11.1. The second-order valence-electron chi connectivity index (χ2n) is 6.48. The molecule has 36 heavy (non-hydrogen) atoms. The van der Waals surface area contributed by atoms with Crippen LogP contribution in [0.5, 0.6) is 0 Å². The van der Waals surface area contributed by atoms with Crippen LogP contribution < -0.4 is 0 Å². The first-order valence-electron chi connectivity index (χ1n) is 11.4. The van der Waals surface area contributed by atoms with Gasteiger partial charge in [-0.05, 0) is 18.4 Å². The summed E-state index contributed by atoms with van der Waals surface area (Å²) in [5, 5.41) is 12.5. The first kappa shape index (κ1) is 37.6. The summed E-state index contributed by atoms with van der Waals surface area (Å²) in [6.45, 7) is 2.10. The van der Waals surface area contributed by atoms with Crippen LogP contribution in [0.15, 0.2) is 0 Å². The molecule has 0 amide bonds. The lowest BCUT2D eigenvalue weighted by molar-refractivity contribution is -0.289. The summed E-state index contributed by atoms with van der Waals surface area (Å²) in [7, 11) is 0. The number of carbonyl (C=O) groups excluding carboxylic acids is 2. The van der Waals surface area contributed by atoms with E-state index in [1.165, 1.54) is 11.8 Å². The van der Waals surface area contributed by atoms with Crippen LogP contribution in [0, 0.1) is 0 Å². The van der Waals surface area contributed by atoms with Crippen molar-refractivity contribution in [2.24, 2.45) is 0 Å². The lowest BCUT2D eigenvalue weighted by Crippen LogP contribution is -2.08. The van der Waals surface area contributed by atoms with Crippen LogP contribution in [-0.2, 0) is 28.8 Å². The van der Waals surface area contributed by atoms with Crippen LogP contribution in [-0.4, -0.2) is 111 Å². The third-order valence-corrected chi connectivity index (χ3v) is 12.2. The molecule has 0 bridgehead atoms. The molecule has 214 valence electrons.